The van der Waals surface area contributed by atoms with E-state index in [-0.39, 0.29) is 12.2 Å². The summed E-state index contributed by atoms with van der Waals surface area (Å²) in [6.45, 7) is 11.9. The Hall–Kier alpha value is -0.220. The van der Waals surface area contributed by atoms with Crippen molar-refractivity contribution >= 4 is 17.7 Å². The van der Waals surface area contributed by atoms with Crippen LogP contribution < -0.4 is 5.32 Å². The van der Waals surface area contributed by atoms with E-state index in [1.807, 2.05) is 11.8 Å². The number of rotatable bonds is 8. The average molecular weight is 301 g/mol. The van der Waals surface area contributed by atoms with Crippen molar-refractivity contribution in [3.63, 3.8) is 0 Å². The van der Waals surface area contributed by atoms with Crippen molar-refractivity contribution in [3.05, 3.63) is 0 Å². The summed E-state index contributed by atoms with van der Waals surface area (Å²) < 4.78 is 0. The zero-order valence-corrected chi connectivity index (χ0v) is 14.8. The van der Waals surface area contributed by atoms with Gasteiger partial charge in [-0.1, -0.05) is 41.0 Å². The molecule has 0 aromatic heterocycles. The Kier molecular flexibility index (Phi) is 7.38. The highest BCUT2D eigenvalue weighted by Gasteiger charge is 2.41. The van der Waals surface area contributed by atoms with Crippen LogP contribution in [-0.4, -0.2) is 41.6 Å². The fraction of sp³-hybridized carbons (Fsp3) is 0.938. The molecule has 0 aromatic carbocycles. The van der Waals surface area contributed by atoms with E-state index in [0.717, 1.165) is 25.1 Å². The van der Waals surface area contributed by atoms with Gasteiger partial charge in [-0.15, -0.1) is 0 Å². The van der Waals surface area contributed by atoms with Gasteiger partial charge in [-0.05, 0) is 36.2 Å². The van der Waals surface area contributed by atoms with Gasteiger partial charge in [-0.3, -0.25) is 10.1 Å². The lowest BCUT2D eigenvalue weighted by Crippen LogP contribution is -2.41. The second-order valence-electron chi connectivity index (χ2n) is 6.73. The molecule has 118 valence electrons. The van der Waals surface area contributed by atoms with Crippen molar-refractivity contribution in [2.75, 3.05) is 18.6 Å². The van der Waals surface area contributed by atoms with Gasteiger partial charge in [0.2, 0.25) is 5.91 Å². The predicted octanol–water partition coefficient (Wildman–Crippen LogP) is 3.20. The Morgan fingerprint density at radius 1 is 1.30 bits per heavy atom. The standard InChI is InChI=1S/C16H32N2OS/c1-7-13(5)15-16(19)18(9-12(4)10-20-6)14(17-15)8-11(2)3/h11-15,17H,7-10H2,1-6H3. The molecule has 1 aliphatic heterocycles. The van der Waals surface area contributed by atoms with Gasteiger partial charge in [0.1, 0.15) is 0 Å². The number of nitrogens with one attached hydrogen (secondary N) is 1. The summed E-state index contributed by atoms with van der Waals surface area (Å²) in [7, 11) is 0. The summed E-state index contributed by atoms with van der Waals surface area (Å²) >= 11 is 1.86. The van der Waals surface area contributed by atoms with E-state index in [9.17, 15) is 4.79 Å². The van der Waals surface area contributed by atoms with Crippen LogP contribution in [0.2, 0.25) is 0 Å². The minimum absolute atomic E-state index is 0.0187. The molecule has 0 bridgehead atoms. The maximum atomic E-state index is 12.7. The number of carbonyl (C=O) groups excluding carboxylic acids is 1. The van der Waals surface area contributed by atoms with Crippen LogP contribution in [0.1, 0.15) is 47.5 Å². The van der Waals surface area contributed by atoms with Gasteiger partial charge in [0.25, 0.3) is 0 Å². The molecule has 0 spiro atoms. The smallest absolute Gasteiger partial charge is 0.241 e. The van der Waals surface area contributed by atoms with Crippen LogP contribution in [0.4, 0.5) is 0 Å². The van der Waals surface area contributed by atoms with E-state index >= 15 is 0 Å². The van der Waals surface area contributed by atoms with E-state index < -0.39 is 0 Å². The molecule has 1 fully saturated rings. The molecular formula is C16H32N2OS. The summed E-state index contributed by atoms with van der Waals surface area (Å²) in [5, 5.41) is 3.59. The lowest BCUT2D eigenvalue weighted by Gasteiger charge is -2.28. The molecular weight excluding hydrogens is 268 g/mol. The first kappa shape index (κ1) is 17.8. The topological polar surface area (TPSA) is 32.3 Å². The van der Waals surface area contributed by atoms with Crippen LogP contribution in [-0.2, 0) is 4.79 Å². The monoisotopic (exact) mass is 300 g/mol. The predicted molar refractivity (Wildman–Crippen MR) is 88.9 cm³/mol. The summed E-state index contributed by atoms with van der Waals surface area (Å²) in [4.78, 5) is 14.8. The molecule has 0 saturated carbocycles. The highest BCUT2D eigenvalue weighted by Crippen LogP contribution is 2.24. The van der Waals surface area contributed by atoms with Gasteiger partial charge in [-0.25, -0.2) is 0 Å². The average Bonchev–Trinajstić information content (AvgIpc) is 2.66. The molecule has 4 unspecified atom stereocenters. The summed E-state index contributed by atoms with van der Waals surface area (Å²) in [5.41, 5.74) is 0. The summed E-state index contributed by atoms with van der Waals surface area (Å²) in [5.74, 6) is 3.01. The number of amides is 1. The highest BCUT2D eigenvalue weighted by atomic mass is 32.2. The van der Waals surface area contributed by atoms with Crippen LogP contribution in [0, 0.1) is 17.8 Å². The van der Waals surface area contributed by atoms with Gasteiger partial charge in [0.05, 0.1) is 12.2 Å². The van der Waals surface area contributed by atoms with Crippen molar-refractivity contribution in [2.24, 2.45) is 17.8 Å². The minimum atomic E-state index is 0.0187. The third-order valence-corrected chi connectivity index (χ3v) is 5.07. The van der Waals surface area contributed by atoms with Gasteiger partial charge in [-0.2, -0.15) is 11.8 Å². The summed E-state index contributed by atoms with van der Waals surface area (Å²) in [6.07, 6.45) is 4.45. The zero-order chi connectivity index (χ0) is 15.3. The Morgan fingerprint density at radius 3 is 2.45 bits per heavy atom. The van der Waals surface area contributed by atoms with Crippen LogP contribution in [0.3, 0.4) is 0 Å². The molecule has 0 aromatic rings. The van der Waals surface area contributed by atoms with Gasteiger partial charge >= 0.3 is 0 Å². The molecule has 1 rings (SSSR count). The van der Waals surface area contributed by atoms with Crippen molar-refractivity contribution in [1.82, 2.24) is 10.2 Å². The normalized spacial score (nSPS) is 26.4. The van der Waals surface area contributed by atoms with Crippen molar-refractivity contribution < 1.29 is 4.79 Å². The number of hydrogen-bond acceptors (Lipinski definition) is 3. The number of nitrogens with zero attached hydrogens (tertiary/aromatic N) is 1. The number of thioether (sulfide) groups is 1. The van der Waals surface area contributed by atoms with E-state index in [2.05, 4.69) is 51.1 Å². The second kappa shape index (κ2) is 8.28. The largest absolute Gasteiger partial charge is 0.325 e. The highest BCUT2D eigenvalue weighted by molar-refractivity contribution is 7.98. The fourth-order valence-corrected chi connectivity index (χ4v) is 3.55. The number of hydrogen-bond donors (Lipinski definition) is 1. The molecule has 1 aliphatic rings. The molecule has 1 heterocycles. The third-order valence-electron chi connectivity index (χ3n) is 4.16. The first-order chi connectivity index (χ1) is 9.40. The Morgan fingerprint density at radius 2 is 1.95 bits per heavy atom. The van der Waals surface area contributed by atoms with E-state index in [1.54, 1.807) is 0 Å². The quantitative estimate of drug-likeness (QED) is 0.747. The van der Waals surface area contributed by atoms with Crippen molar-refractivity contribution in [1.29, 1.82) is 0 Å². The first-order valence-corrected chi connectivity index (χ1v) is 9.35. The van der Waals surface area contributed by atoms with E-state index in [1.165, 1.54) is 0 Å². The van der Waals surface area contributed by atoms with E-state index in [0.29, 0.717) is 23.7 Å². The van der Waals surface area contributed by atoms with Gasteiger partial charge < -0.3 is 4.90 Å². The van der Waals surface area contributed by atoms with Crippen LogP contribution >= 0.6 is 11.8 Å². The molecule has 1 saturated heterocycles. The van der Waals surface area contributed by atoms with Crippen LogP contribution in [0.5, 0.6) is 0 Å². The first-order valence-electron chi connectivity index (χ1n) is 7.96. The second-order valence-corrected chi connectivity index (χ2v) is 7.64. The Labute approximate surface area is 129 Å². The molecule has 20 heavy (non-hydrogen) atoms. The zero-order valence-electron chi connectivity index (χ0n) is 14.0. The van der Waals surface area contributed by atoms with Crippen molar-refractivity contribution in [3.8, 4) is 0 Å². The third kappa shape index (κ3) is 4.66. The molecule has 4 atom stereocenters. The summed E-state index contributed by atoms with van der Waals surface area (Å²) in [6, 6.07) is 0.0187. The number of carbonyl (C=O) groups is 1. The SMILES string of the molecule is CCC(C)C1NC(CC(C)C)N(CC(C)CSC)C1=O. The molecule has 1 amide bonds. The Bertz CT molecular complexity index is 309. The molecule has 1 N–H and O–H groups in total. The van der Waals surface area contributed by atoms with Crippen LogP contribution in [0.25, 0.3) is 0 Å². The molecule has 3 nitrogen and oxygen atoms in total. The molecule has 0 aliphatic carbocycles. The Balaban J connectivity index is 2.76. The maximum absolute atomic E-state index is 12.7. The molecule has 0 radical (unpaired) electrons. The lowest BCUT2D eigenvalue weighted by atomic mass is 9.99. The van der Waals surface area contributed by atoms with E-state index in [4.69, 9.17) is 0 Å². The van der Waals surface area contributed by atoms with Crippen molar-refractivity contribution in [2.45, 2.75) is 59.7 Å². The lowest BCUT2D eigenvalue weighted by molar-refractivity contribution is -0.131. The fourth-order valence-electron chi connectivity index (χ4n) is 2.88. The van der Waals surface area contributed by atoms with Crippen LogP contribution in [0.15, 0.2) is 0 Å². The maximum Gasteiger partial charge on any atom is 0.241 e. The molecule has 4 heteroatoms. The van der Waals surface area contributed by atoms with Gasteiger partial charge in [0.15, 0.2) is 0 Å². The van der Waals surface area contributed by atoms with Gasteiger partial charge in [0, 0.05) is 6.54 Å². The minimum Gasteiger partial charge on any atom is -0.325 e.